The van der Waals surface area contributed by atoms with E-state index in [2.05, 4.69) is 31.6 Å². The number of imidazole rings is 1. The van der Waals surface area contributed by atoms with Crippen molar-refractivity contribution >= 4 is 0 Å². The van der Waals surface area contributed by atoms with Crippen molar-refractivity contribution < 1.29 is 9.13 Å². The third-order valence-corrected chi connectivity index (χ3v) is 5.58. The molecule has 5 nitrogen and oxygen atoms in total. The van der Waals surface area contributed by atoms with Crippen molar-refractivity contribution in [3.8, 4) is 11.3 Å². The third kappa shape index (κ3) is 3.15. The maximum atomic E-state index is 13.3. The van der Waals surface area contributed by atoms with Crippen LogP contribution in [0.1, 0.15) is 17.8 Å². The molecule has 2 aliphatic heterocycles. The highest BCUT2D eigenvalue weighted by atomic mass is 19.1. The summed E-state index contributed by atoms with van der Waals surface area (Å²) in [5.41, 5.74) is 3.10. The third-order valence-electron chi connectivity index (χ3n) is 5.58. The van der Waals surface area contributed by atoms with Crippen LogP contribution in [0.25, 0.3) is 11.3 Å². The van der Waals surface area contributed by atoms with E-state index in [-0.39, 0.29) is 11.4 Å². The minimum absolute atomic E-state index is 0.185. The van der Waals surface area contributed by atoms with Gasteiger partial charge in [0.25, 0.3) is 0 Å². The van der Waals surface area contributed by atoms with E-state index in [1.54, 1.807) is 0 Å². The number of pyridine rings is 1. The Hall–Kier alpha value is -2.57. The number of hydrogen-bond acceptors (Lipinski definition) is 4. The van der Waals surface area contributed by atoms with Crippen LogP contribution in [0.2, 0.25) is 0 Å². The second kappa shape index (κ2) is 6.55. The fourth-order valence-corrected chi connectivity index (χ4v) is 4.16. The van der Waals surface area contributed by atoms with Crippen LogP contribution in [0.5, 0.6) is 0 Å². The Morgan fingerprint density at radius 2 is 1.89 bits per heavy atom. The van der Waals surface area contributed by atoms with E-state index < -0.39 is 0 Å². The summed E-state index contributed by atoms with van der Waals surface area (Å²) >= 11 is 0. The number of likely N-dealkylation sites (tertiary alicyclic amines) is 1. The van der Waals surface area contributed by atoms with Gasteiger partial charge in [-0.25, -0.2) is 9.37 Å². The van der Waals surface area contributed by atoms with E-state index in [1.165, 1.54) is 17.7 Å². The number of rotatable bonds is 3. The van der Waals surface area contributed by atoms with Gasteiger partial charge in [0.1, 0.15) is 23.8 Å². The number of nitrogens with zero attached hydrogens (tertiary/aromatic N) is 4. The van der Waals surface area contributed by atoms with Gasteiger partial charge in [-0.2, -0.15) is 0 Å². The molecular formula is C21H21FN4O. The number of aromatic nitrogens is 3. The van der Waals surface area contributed by atoms with Gasteiger partial charge in [0, 0.05) is 32.0 Å². The van der Waals surface area contributed by atoms with E-state index in [0.717, 1.165) is 49.7 Å². The standard InChI is InChI=1S/C21H21FN4O/c22-18-3-1-17(2-4-18)19-11-24-20-13-27-21(15-26(19)20)7-10-25(14-21)12-16-5-8-23-9-6-16/h1-6,8-9,11H,7,10,12-15H2/t21-/m0/s1. The minimum atomic E-state index is -0.223. The molecule has 1 spiro atoms. The van der Waals surface area contributed by atoms with Crippen molar-refractivity contribution in [1.82, 2.24) is 19.4 Å². The lowest BCUT2D eigenvalue weighted by Gasteiger charge is -2.35. The average Bonchev–Trinajstić information content (AvgIpc) is 3.28. The zero-order chi connectivity index (χ0) is 18.3. The van der Waals surface area contributed by atoms with Crippen LogP contribution in [0.4, 0.5) is 4.39 Å². The van der Waals surface area contributed by atoms with Crippen LogP contribution < -0.4 is 0 Å². The maximum absolute atomic E-state index is 13.3. The van der Waals surface area contributed by atoms with Gasteiger partial charge in [-0.3, -0.25) is 9.88 Å². The van der Waals surface area contributed by atoms with E-state index in [9.17, 15) is 4.39 Å². The van der Waals surface area contributed by atoms with Crippen LogP contribution in [0.15, 0.2) is 55.0 Å². The molecule has 3 aromatic rings. The predicted octanol–water partition coefficient (Wildman–Crippen LogP) is 3.26. The molecule has 1 saturated heterocycles. The first-order valence-electron chi connectivity index (χ1n) is 9.26. The molecule has 0 aliphatic carbocycles. The smallest absolute Gasteiger partial charge is 0.135 e. The van der Waals surface area contributed by atoms with Gasteiger partial charge >= 0.3 is 0 Å². The van der Waals surface area contributed by atoms with Gasteiger partial charge < -0.3 is 9.30 Å². The number of benzene rings is 1. The lowest BCUT2D eigenvalue weighted by Crippen LogP contribution is -2.44. The summed E-state index contributed by atoms with van der Waals surface area (Å²) in [4.78, 5) is 11.0. The summed E-state index contributed by atoms with van der Waals surface area (Å²) in [6.07, 6.45) is 6.54. The lowest BCUT2D eigenvalue weighted by molar-refractivity contribution is -0.0821. The van der Waals surface area contributed by atoms with Crippen LogP contribution in [0.3, 0.4) is 0 Å². The molecule has 27 heavy (non-hydrogen) atoms. The van der Waals surface area contributed by atoms with Gasteiger partial charge in [-0.15, -0.1) is 0 Å². The van der Waals surface area contributed by atoms with Gasteiger partial charge in [0.15, 0.2) is 0 Å². The zero-order valence-electron chi connectivity index (χ0n) is 15.0. The maximum Gasteiger partial charge on any atom is 0.135 e. The Kier molecular flexibility index (Phi) is 4.02. The first kappa shape index (κ1) is 16.6. The molecule has 5 rings (SSSR count). The molecule has 6 heteroatoms. The SMILES string of the molecule is Fc1ccc(-c2cnc3n2C[C@@]2(CCN(Cc4ccncc4)C2)OC3)cc1. The summed E-state index contributed by atoms with van der Waals surface area (Å²) in [7, 11) is 0. The fraction of sp³-hybridized carbons (Fsp3) is 0.333. The predicted molar refractivity (Wildman–Crippen MR) is 99.3 cm³/mol. The number of ether oxygens (including phenoxy) is 1. The van der Waals surface area contributed by atoms with Crippen molar-refractivity contribution in [3.05, 3.63) is 72.2 Å². The Labute approximate surface area is 157 Å². The molecule has 0 amide bonds. The summed E-state index contributed by atoms with van der Waals surface area (Å²) in [6, 6.07) is 10.7. The topological polar surface area (TPSA) is 43.2 Å². The molecule has 4 heterocycles. The van der Waals surface area contributed by atoms with Crippen molar-refractivity contribution in [2.75, 3.05) is 13.1 Å². The molecule has 0 unspecified atom stereocenters. The Morgan fingerprint density at radius 1 is 1.07 bits per heavy atom. The van der Waals surface area contributed by atoms with Crippen LogP contribution in [-0.4, -0.2) is 38.1 Å². The molecule has 0 bridgehead atoms. The molecule has 1 aromatic carbocycles. The Balaban J connectivity index is 1.36. The van der Waals surface area contributed by atoms with E-state index >= 15 is 0 Å². The Morgan fingerprint density at radius 3 is 2.70 bits per heavy atom. The van der Waals surface area contributed by atoms with Crippen molar-refractivity contribution in [2.24, 2.45) is 0 Å². The van der Waals surface area contributed by atoms with Crippen molar-refractivity contribution in [3.63, 3.8) is 0 Å². The minimum Gasteiger partial charge on any atom is -0.364 e. The molecule has 0 saturated carbocycles. The molecule has 1 fully saturated rings. The summed E-state index contributed by atoms with van der Waals surface area (Å²) < 4.78 is 21.8. The highest BCUT2D eigenvalue weighted by Crippen LogP contribution is 2.35. The average molecular weight is 364 g/mol. The molecule has 1 atom stereocenters. The number of fused-ring (bicyclic) bond motifs is 1. The molecule has 0 radical (unpaired) electrons. The molecule has 2 aromatic heterocycles. The van der Waals surface area contributed by atoms with E-state index in [1.807, 2.05) is 30.7 Å². The second-order valence-corrected chi connectivity index (χ2v) is 7.44. The van der Waals surface area contributed by atoms with Crippen LogP contribution >= 0.6 is 0 Å². The highest BCUT2D eigenvalue weighted by molar-refractivity contribution is 5.59. The highest BCUT2D eigenvalue weighted by Gasteiger charge is 2.43. The van der Waals surface area contributed by atoms with Gasteiger partial charge in [-0.05, 0) is 53.9 Å². The molecule has 0 N–H and O–H groups in total. The van der Waals surface area contributed by atoms with Crippen molar-refractivity contribution in [2.45, 2.75) is 31.7 Å². The lowest BCUT2D eigenvalue weighted by atomic mass is 10.0. The summed E-state index contributed by atoms with van der Waals surface area (Å²) in [6.45, 7) is 4.12. The van der Waals surface area contributed by atoms with Gasteiger partial charge in [0.2, 0.25) is 0 Å². The normalized spacial score (nSPS) is 22.3. The number of halogens is 1. The molecule has 138 valence electrons. The monoisotopic (exact) mass is 364 g/mol. The van der Waals surface area contributed by atoms with Crippen LogP contribution in [-0.2, 0) is 24.4 Å². The largest absolute Gasteiger partial charge is 0.364 e. The van der Waals surface area contributed by atoms with E-state index in [4.69, 9.17) is 4.74 Å². The second-order valence-electron chi connectivity index (χ2n) is 7.44. The van der Waals surface area contributed by atoms with Gasteiger partial charge in [0.05, 0.1) is 18.4 Å². The van der Waals surface area contributed by atoms with E-state index in [0.29, 0.717) is 6.61 Å². The first-order valence-corrected chi connectivity index (χ1v) is 9.26. The summed E-state index contributed by atoms with van der Waals surface area (Å²) in [5.74, 6) is 0.715. The zero-order valence-corrected chi connectivity index (χ0v) is 15.0. The fourth-order valence-electron chi connectivity index (χ4n) is 4.16. The van der Waals surface area contributed by atoms with Crippen LogP contribution in [0, 0.1) is 5.82 Å². The van der Waals surface area contributed by atoms with Crippen molar-refractivity contribution in [1.29, 1.82) is 0 Å². The Bertz CT molecular complexity index is 941. The van der Waals surface area contributed by atoms with Gasteiger partial charge in [-0.1, -0.05) is 0 Å². The first-order chi connectivity index (χ1) is 13.2. The molecular weight excluding hydrogens is 343 g/mol. The quantitative estimate of drug-likeness (QED) is 0.716. The summed E-state index contributed by atoms with van der Waals surface area (Å²) in [5, 5.41) is 0. The molecule has 2 aliphatic rings. The number of hydrogen-bond donors (Lipinski definition) is 0.